The summed E-state index contributed by atoms with van der Waals surface area (Å²) in [6.07, 6.45) is 18.1. The van der Waals surface area contributed by atoms with Crippen molar-refractivity contribution >= 4 is 22.9 Å². The van der Waals surface area contributed by atoms with Gasteiger partial charge in [0.05, 0.1) is 11.5 Å². The van der Waals surface area contributed by atoms with Crippen molar-refractivity contribution in [3.8, 4) is 5.75 Å². The molecule has 1 aromatic heterocycles. The molecule has 0 aliphatic heterocycles. The van der Waals surface area contributed by atoms with E-state index in [1.54, 1.807) is 11.3 Å². The first kappa shape index (κ1) is 32.0. The Morgan fingerprint density at radius 1 is 0.868 bits per heavy atom. The van der Waals surface area contributed by atoms with Crippen molar-refractivity contribution in [2.45, 2.75) is 97.4 Å². The SMILES string of the molecule is CCCCCCCCCCCCCCOc1cccc(NC(=O)c2ccccc2C[n+]2csc(C)c2)c1.[Br-]. The maximum atomic E-state index is 13.1. The van der Waals surface area contributed by atoms with Crippen LogP contribution >= 0.6 is 11.3 Å². The van der Waals surface area contributed by atoms with Crippen molar-refractivity contribution in [3.63, 3.8) is 0 Å². The summed E-state index contributed by atoms with van der Waals surface area (Å²) in [5.74, 6) is 0.708. The number of benzene rings is 2. The van der Waals surface area contributed by atoms with Crippen LogP contribution in [-0.4, -0.2) is 12.5 Å². The lowest BCUT2D eigenvalue weighted by molar-refractivity contribution is -0.683. The molecule has 3 rings (SSSR count). The third kappa shape index (κ3) is 12.1. The molecular formula is C32H45BrN2O2S. The van der Waals surface area contributed by atoms with E-state index in [2.05, 4.69) is 35.4 Å². The van der Waals surface area contributed by atoms with Gasteiger partial charge in [0.25, 0.3) is 5.91 Å². The van der Waals surface area contributed by atoms with Crippen molar-refractivity contribution in [1.82, 2.24) is 0 Å². The van der Waals surface area contributed by atoms with Crippen LogP contribution in [0.2, 0.25) is 0 Å². The van der Waals surface area contributed by atoms with Crippen molar-refractivity contribution in [3.05, 3.63) is 76.2 Å². The number of carbonyl (C=O) groups is 1. The third-order valence-electron chi connectivity index (χ3n) is 6.70. The van der Waals surface area contributed by atoms with Gasteiger partial charge in [-0.1, -0.05) is 113 Å². The first-order valence-electron chi connectivity index (χ1n) is 14.2. The fraction of sp³-hybridized carbons (Fsp3) is 0.500. The fourth-order valence-corrected chi connectivity index (χ4v) is 5.23. The van der Waals surface area contributed by atoms with Crippen LogP contribution in [0.15, 0.2) is 60.2 Å². The number of amides is 1. The summed E-state index contributed by atoms with van der Waals surface area (Å²) in [7, 11) is 0. The van der Waals surface area contributed by atoms with Crippen molar-refractivity contribution in [1.29, 1.82) is 0 Å². The molecule has 0 bridgehead atoms. The third-order valence-corrected chi connectivity index (χ3v) is 7.55. The van der Waals surface area contributed by atoms with Crippen LogP contribution in [0.5, 0.6) is 5.75 Å². The first-order chi connectivity index (χ1) is 18.2. The molecule has 1 heterocycles. The molecule has 0 fully saturated rings. The van der Waals surface area contributed by atoms with E-state index in [1.165, 1.54) is 75.5 Å². The molecule has 0 saturated heterocycles. The number of nitrogens with one attached hydrogen (secondary N) is 1. The van der Waals surface area contributed by atoms with Crippen LogP contribution in [0.4, 0.5) is 5.69 Å². The number of rotatable bonds is 18. The Morgan fingerprint density at radius 3 is 2.18 bits per heavy atom. The average molecular weight is 602 g/mol. The summed E-state index contributed by atoms with van der Waals surface area (Å²) in [5.41, 5.74) is 4.54. The highest BCUT2D eigenvalue weighted by molar-refractivity contribution is 7.09. The molecule has 0 atom stereocenters. The van der Waals surface area contributed by atoms with Crippen LogP contribution in [0.1, 0.15) is 105 Å². The van der Waals surface area contributed by atoms with Crippen LogP contribution in [0.25, 0.3) is 0 Å². The Hall–Kier alpha value is -2.18. The van der Waals surface area contributed by atoms with E-state index in [0.29, 0.717) is 12.1 Å². The van der Waals surface area contributed by atoms with Crippen molar-refractivity contribution < 1.29 is 31.1 Å². The van der Waals surface area contributed by atoms with Gasteiger partial charge >= 0.3 is 0 Å². The second-order valence-corrected chi connectivity index (χ2v) is 11.1. The van der Waals surface area contributed by atoms with E-state index in [4.69, 9.17) is 4.74 Å². The quantitative estimate of drug-likeness (QED) is 0.150. The highest BCUT2D eigenvalue weighted by atomic mass is 79.9. The number of thiazole rings is 1. The maximum Gasteiger partial charge on any atom is 0.256 e. The molecule has 0 aliphatic carbocycles. The molecule has 1 N–H and O–H groups in total. The molecule has 0 radical (unpaired) electrons. The summed E-state index contributed by atoms with van der Waals surface area (Å²) in [6, 6.07) is 15.5. The maximum absolute atomic E-state index is 13.1. The predicted octanol–water partition coefficient (Wildman–Crippen LogP) is 5.73. The smallest absolute Gasteiger partial charge is 0.256 e. The van der Waals surface area contributed by atoms with Gasteiger partial charge in [0.1, 0.15) is 5.75 Å². The number of hydrogen-bond acceptors (Lipinski definition) is 3. The number of nitrogens with zero attached hydrogens (tertiary/aromatic N) is 1. The molecule has 6 heteroatoms. The van der Waals surface area contributed by atoms with Crippen LogP contribution in [-0.2, 0) is 6.54 Å². The van der Waals surface area contributed by atoms with E-state index < -0.39 is 0 Å². The minimum atomic E-state index is -0.0961. The predicted molar refractivity (Wildman–Crippen MR) is 156 cm³/mol. The number of halogens is 1. The van der Waals surface area contributed by atoms with Gasteiger partial charge in [0.2, 0.25) is 5.51 Å². The Morgan fingerprint density at radius 2 is 1.53 bits per heavy atom. The summed E-state index contributed by atoms with van der Waals surface area (Å²) in [5, 5.41) is 3.05. The number of aryl methyl sites for hydroxylation is 1. The standard InChI is InChI=1S/C32H44N2O2S.BrH/c1-3-4-5-6-7-8-9-10-11-12-13-16-22-36-30-20-17-19-29(23-30)33-32(35)31-21-15-14-18-28(31)25-34-24-27(2)37-26-34;/h14-15,17-21,23-24,26H,3-13,16,22,25H2,1-2H3;1H. The molecule has 0 aliphatic rings. The normalized spacial score (nSPS) is 10.7. The lowest BCUT2D eigenvalue weighted by Gasteiger charge is -2.11. The van der Waals surface area contributed by atoms with E-state index in [0.717, 1.165) is 30.0 Å². The Bertz CT molecular complexity index is 1070. The second-order valence-electron chi connectivity index (χ2n) is 10.0. The van der Waals surface area contributed by atoms with E-state index in [-0.39, 0.29) is 22.9 Å². The van der Waals surface area contributed by atoms with Crippen LogP contribution in [0, 0.1) is 6.92 Å². The highest BCUT2D eigenvalue weighted by Gasteiger charge is 2.15. The number of unbranched alkanes of at least 4 members (excludes halogenated alkanes) is 11. The van der Waals surface area contributed by atoms with Gasteiger partial charge < -0.3 is 27.0 Å². The minimum Gasteiger partial charge on any atom is -1.00 e. The molecule has 0 unspecified atom stereocenters. The zero-order valence-corrected chi connectivity index (χ0v) is 25.6. The van der Waals surface area contributed by atoms with Crippen LogP contribution in [0.3, 0.4) is 0 Å². The zero-order valence-electron chi connectivity index (χ0n) is 23.2. The van der Waals surface area contributed by atoms with Gasteiger partial charge in [-0.15, -0.1) is 0 Å². The largest absolute Gasteiger partial charge is 1.00 e. The number of aromatic nitrogens is 1. The van der Waals surface area contributed by atoms with Gasteiger partial charge in [-0.3, -0.25) is 4.79 Å². The average Bonchev–Trinajstić information content (AvgIpc) is 3.31. The Labute approximate surface area is 244 Å². The van der Waals surface area contributed by atoms with Gasteiger partial charge in [-0.25, -0.2) is 0 Å². The molecule has 208 valence electrons. The lowest BCUT2D eigenvalue weighted by atomic mass is 10.1. The summed E-state index contributed by atoms with van der Waals surface area (Å²) in [4.78, 5) is 14.3. The topological polar surface area (TPSA) is 42.2 Å². The summed E-state index contributed by atoms with van der Waals surface area (Å²) < 4.78 is 8.10. The van der Waals surface area contributed by atoms with E-state index in [9.17, 15) is 4.79 Å². The number of carbonyl (C=O) groups excluding carboxylic acids is 1. The molecule has 2 aromatic carbocycles. The lowest BCUT2D eigenvalue weighted by Crippen LogP contribution is -3.00. The van der Waals surface area contributed by atoms with Gasteiger partial charge in [0.15, 0.2) is 12.7 Å². The molecule has 0 saturated carbocycles. The molecule has 4 nitrogen and oxygen atoms in total. The first-order valence-corrected chi connectivity index (χ1v) is 15.1. The van der Waals surface area contributed by atoms with Gasteiger partial charge in [0, 0.05) is 22.9 Å². The van der Waals surface area contributed by atoms with E-state index in [1.807, 2.05) is 48.5 Å². The Balaban J connectivity index is 0.00000507. The number of hydrogen-bond donors (Lipinski definition) is 1. The van der Waals surface area contributed by atoms with Crippen molar-refractivity contribution in [2.75, 3.05) is 11.9 Å². The number of anilines is 1. The fourth-order valence-electron chi connectivity index (χ4n) is 4.60. The monoisotopic (exact) mass is 600 g/mol. The van der Waals surface area contributed by atoms with Crippen molar-refractivity contribution in [2.24, 2.45) is 0 Å². The van der Waals surface area contributed by atoms with Crippen LogP contribution < -0.4 is 31.6 Å². The minimum absolute atomic E-state index is 0. The second kappa shape index (κ2) is 19.0. The van der Waals surface area contributed by atoms with E-state index >= 15 is 0 Å². The molecule has 38 heavy (non-hydrogen) atoms. The van der Waals surface area contributed by atoms with Gasteiger partial charge in [-0.05, 0) is 31.5 Å². The Kier molecular flexibility index (Phi) is 16.0. The molecule has 0 spiro atoms. The highest BCUT2D eigenvalue weighted by Crippen LogP contribution is 2.20. The zero-order chi connectivity index (χ0) is 26.1. The summed E-state index contributed by atoms with van der Waals surface area (Å²) >= 11 is 1.71. The summed E-state index contributed by atoms with van der Waals surface area (Å²) in [6.45, 7) is 5.76. The molecular weight excluding hydrogens is 556 g/mol. The van der Waals surface area contributed by atoms with Gasteiger partial charge in [-0.2, -0.15) is 4.57 Å². The number of ether oxygens (including phenoxy) is 1. The molecule has 3 aromatic rings. The molecule has 1 amide bonds.